The molecule has 2 rings (SSSR count). The number of hydrogen-bond donors (Lipinski definition) is 1. The maximum atomic E-state index is 12.5. The highest BCUT2D eigenvalue weighted by Crippen LogP contribution is 2.27. The first-order chi connectivity index (χ1) is 9.99. The van der Waals surface area contributed by atoms with Gasteiger partial charge < -0.3 is 10.2 Å². The second kappa shape index (κ2) is 7.07. The highest BCUT2D eigenvalue weighted by molar-refractivity contribution is 7.10. The summed E-state index contributed by atoms with van der Waals surface area (Å²) in [6.45, 7) is 7.23. The summed E-state index contributed by atoms with van der Waals surface area (Å²) in [5, 5.41) is 5.24. The molecule has 2 heterocycles. The average Bonchev–Trinajstić information content (AvgIpc) is 2.98. The molecule has 5 heteroatoms. The van der Waals surface area contributed by atoms with E-state index in [1.165, 1.54) is 4.88 Å². The molecule has 0 aromatic carbocycles. The summed E-state index contributed by atoms with van der Waals surface area (Å²) in [5.41, 5.74) is 0. The van der Waals surface area contributed by atoms with Crippen LogP contribution in [0.5, 0.6) is 0 Å². The summed E-state index contributed by atoms with van der Waals surface area (Å²) in [6.07, 6.45) is 1.53. The van der Waals surface area contributed by atoms with E-state index in [0.29, 0.717) is 19.0 Å². The molecule has 1 N–H and O–H groups in total. The van der Waals surface area contributed by atoms with Crippen molar-refractivity contribution in [1.29, 1.82) is 0 Å². The van der Waals surface area contributed by atoms with Crippen molar-refractivity contribution in [3.63, 3.8) is 0 Å². The van der Waals surface area contributed by atoms with Gasteiger partial charge in [0.2, 0.25) is 11.8 Å². The molecule has 116 valence electrons. The lowest BCUT2D eigenvalue weighted by Gasteiger charge is -2.32. The van der Waals surface area contributed by atoms with E-state index < -0.39 is 0 Å². The van der Waals surface area contributed by atoms with Crippen molar-refractivity contribution in [1.82, 2.24) is 10.2 Å². The third-order valence-electron chi connectivity index (χ3n) is 4.13. The molecule has 1 aliphatic rings. The Morgan fingerprint density at radius 2 is 2.00 bits per heavy atom. The van der Waals surface area contributed by atoms with Crippen LogP contribution in [-0.4, -0.2) is 29.8 Å². The second-order valence-electron chi connectivity index (χ2n) is 6.03. The Kier molecular flexibility index (Phi) is 5.39. The lowest BCUT2D eigenvalue weighted by atomic mass is 9.94. The number of thiophene rings is 1. The van der Waals surface area contributed by atoms with Crippen LogP contribution in [0.1, 0.15) is 44.5 Å². The molecule has 1 aliphatic heterocycles. The molecule has 21 heavy (non-hydrogen) atoms. The zero-order valence-corrected chi connectivity index (χ0v) is 13.8. The van der Waals surface area contributed by atoms with Crippen molar-refractivity contribution in [3.8, 4) is 0 Å². The molecule has 0 radical (unpaired) electrons. The van der Waals surface area contributed by atoms with Crippen LogP contribution in [0.15, 0.2) is 17.5 Å². The van der Waals surface area contributed by atoms with Gasteiger partial charge in [-0.25, -0.2) is 0 Å². The normalized spacial score (nSPS) is 17.8. The Bertz CT molecular complexity index is 476. The molecule has 1 saturated heterocycles. The third-order valence-corrected chi connectivity index (χ3v) is 5.08. The van der Waals surface area contributed by atoms with Crippen molar-refractivity contribution in [2.75, 3.05) is 13.1 Å². The van der Waals surface area contributed by atoms with Gasteiger partial charge in [0, 0.05) is 30.8 Å². The first kappa shape index (κ1) is 16.0. The highest BCUT2D eigenvalue weighted by atomic mass is 32.1. The van der Waals surface area contributed by atoms with Crippen LogP contribution in [0.25, 0.3) is 0 Å². The fourth-order valence-corrected chi connectivity index (χ4v) is 3.71. The fourth-order valence-electron chi connectivity index (χ4n) is 2.76. The molecule has 1 unspecified atom stereocenters. The number of likely N-dealkylation sites (tertiary alicyclic amines) is 1. The quantitative estimate of drug-likeness (QED) is 0.930. The highest BCUT2D eigenvalue weighted by Gasteiger charge is 2.28. The Hall–Kier alpha value is -1.36. The molecular weight excluding hydrogens is 284 g/mol. The number of nitrogens with one attached hydrogen (secondary N) is 1. The van der Waals surface area contributed by atoms with Gasteiger partial charge in [0.15, 0.2) is 0 Å². The van der Waals surface area contributed by atoms with Gasteiger partial charge in [-0.15, -0.1) is 11.3 Å². The van der Waals surface area contributed by atoms with E-state index in [1.807, 2.05) is 16.3 Å². The molecule has 1 atom stereocenters. The SMILES string of the molecule is CC(=O)N1CCC(C(=O)NC(c2cccs2)C(C)C)CC1. The van der Waals surface area contributed by atoms with E-state index >= 15 is 0 Å². The minimum Gasteiger partial charge on any atom is -0.348 e. The van der Waals surface area contributed by atoms with Gasteiger partial charge in [-0.05, 0) is 30.2 Å². The molecule has 0 bridgehead atoms. The fraction of sp³-hybridized carbons (Fsp3) is 0.625. The van der Waals surface area contributed by atoms with Crippen LogP contribution in [-0.2, 0) is 9.59 Å². The van der Waals surface area contributed by atoms with E-state index in [-0.39, 0.29) is 23.8 Å². The predicted molar refractivity (Wildman–Crippen MR) is 85.0 cm³/mol. The van der Waals surface area contributed by atoms with Crippen molar-refractivity contribution >= 4 is 23.2 Å². The largest absolute Gasteiger partial charge is 0.348 e. The molecule has 0 saturated carbocycles. The Morgan fingerprint density at radius 1 is 1.33 bits per heavy atom. The second-order valence-corrected chi connectivity index (χ2v) is 7.01. The number of carbonyl (C=O) groups is 2. The summed E-state index contributed by atoms with van der Waals surface area (Å²) >= 11 is 1.68. The summed E-state index contributed by atoms with van der Waals surface area (Å²) in [7, 11) is 0. The Labute approximate surface area is 130 Å². The first-order valence-corrected chi connectivity index (χ1v) is 8.46. The topological polar surface area (TPSA) is 49.4 Å². The van der Waals surface area contributed by atoms with Crippen LogP contribution in [0.4, 0.5) is 0 Å². The summed E-state index contributed by atoms with van der Waals surface area (Å²) in [5.74, 6) is 0.629. The van der Waals surface area contributed by atoms with Crippen LogP contribution in [0, 0.1) is 11.8 Å². The standard InChI is InChI=1S/C16H24N2O2S/c1-11(2)15(14-5-4-10-21-14)17-16(20)13-6-8-18(9-7-13)12(3)19/h4-5,10-11,13,15H,6-9H2,1-3H3,(H,17,20). The number of rotatable bonds is 4. The number of carbonyl (C=O) groups excluding carboxylic acids is 2. The zero-order chi connectivity index (χ0) is 15.4. The van der Waals surface area contributed by atoms with E-state index in [1.54, 1.807) is 18.3 Å². The number of amides is 2. The maximum Gasteiger partial charge on any atom is 0.223 e. The summed E-state index contributed by atoms with van der Waals surface area (Å²) in [6, 6.07) is 4.18. The van der Waals surface area contributed by atoms with E-state index in [2.05, 4.69) is 25.2 Å². The number of piperidine rings is 1. The number of hydrogen-bond acceptors (Lipinski definition) is 3. The monoisotopic (exact) mass is 308 g/mol. The van der Waals surface area contributed by atoms with E-state index in [0.717, 1.165) is 12.8 Å². The summed E-state index contributed by atoms with van der Waals surface area (Å²) in [4.78, 5) is 26.8. The molecular formula is C16H24N2O2S. The van der Waals surface area contributed by atoms with Crippen molar-refractivity contribution in [3.05, 3.63) is 22.4 Å². The molecule has 4 nitrogen and oxygen atoms in total. The molecule has 1 aromatic heterocycles. The van der Waals surface area contributed by atoms with Gasteiger partial charge in [0.1, 0.15) is 0 Å². The predicted octanol–water partition coefficient (Wildman–Crippen LogP) is 2.82. The van der Waals surface area contributed by atoms with Crippen LogP contribution in [0.2, 0.25) is 0 Å². The van der Waals surface area contributed by atoms with Crippen molar-refractivity contribution in [2.45, 2.75) is 39.7 Å². The van der Waals surface area contributed by atoms with Crippen molar-refractivity contribution in [2.24, 2.45) is 11.8 Å². The molecule has 1 aromatic rings. The smallest absolute Gasteiger partial charge is 0.223 e. The maximum absolute atomic E-state index is 12.5. The van der Waals surface area contributed by atoms with Gasteiger partial charge in [0.05, 0.1) is 6.04 Å². The lowest BCUT2D eigenvalue weighted by Crippen LogP contribution is -2.43. The molecule has 2 amide bonds. The van der Waals surface area contributed by atoms with Crippen LogP contribution in [0.3, 0.4) is 0 Å². The van der Waals surface area contributed by atoms with Gasteiger partial charge in [0.25, 0.3) is 0 Å². The lowest BCUT2D eigenvalue weighted by molar-refractivity contribution is -0.134. The Balaban J connectivity index is 1.93. The average molecular weight is 308 g/mol. The van der Waals surface area contributed by atoms with Crippen LogP contribution >= 0.6 is 11.3 Å². The first-order valence-electron chi connectivity index (χ1n) is 7.58. The van der Waals surface area contributed by atoms with E-state index in [9.17, 15) is 9.59 Å². The van der Waals surface area contributed by atoms with Gasteiger partial charge in [-0.1, -0.05) is 19.9 Å². The Morgan fingerprint density at radius 3 is 2.48 bits per heavy atom. The zero-order valence-electron chi connectivity index (χ0n) is 13.0. The van der Waals surface area contributed by atoms with Gasteiger partial charge >= 0.3 is 0 Å². The minimum atomic E-state index is 0.0295. The van der Waals surface area contributed by atoms with Crippen molar-refractivity contribution < 1.29 is 9.59 Å². The van der Waals surface area contributed by atoms with Gasteiger partial charge in [-0.2, -0.15) is 0 Å². The molecule has 0 aliphatic carbocycles. The number of nitrogens with zero attached hydrogens (tertiary/aromatic N) is 1. The summed E-state index contributed by atoms with van der Waals surface area (Å²) < 4.78 is 0. The minimum absolute atomic E-state index is 0.0295. The van der Waals surface area contributed by atoms with E-state index in [4.69, 9.17) is 0 Å². The third kappa shape index (κ3) is 4.06. The van der Waals surface area contributed by atoms with Crippen LogP contribution < -0.4 is 5.32 Å². The van der Waals surface area contributed by atoms with Gasteiger partial charge in [-0.3, -0.25) is 9.59 Å². The molecule has 0 spiro atoms. The molecule has 1 fully saturated rings.